The van der Waals surface area contributed by atoms with E-state index in [1.165, 1.54) is 0 Å². The highest BCUT2D eigenvalue weighted by atomic mass is 35.5. The van der Waals surface area contributed by atoms with Crippen LogP contribution in [0.25, 0.3) is 16.6 Å². The molecule has 1 aliphatic rings. The van der Waals surface area contributed by atoms with Gasteiger partial charge in [0.2, 0.25) is 0 Å². The molecule has 3 aromatic rings. The summed E-state index contributed by atoms with van der Waals surface area (Å²) >= 11 is 6.31. The number of aromatic amines is 1. The van der Waals surface area contributed by atoms with Crippen LogP contribution in [0.5, 0.6) is 0 Å². The lowest BCUT2D eigenvalue weighted by molar-refractivity contribution is 0.372. The Morgan fingerprint density at radius 3 is 3.00 bits per heavy atom. The number of piperidine rings is 1. The highest BCUT2D eigenvalue weighted by Crippen LogP contribution is 2.31. The number of nitrogens with one attached hydrogen (secondary N) is 2. The van der Waals surface area contributed by atoms with Crippen molar-refractivity contribution in [2.45, 2.75) is 31.7 Å². The van der Waals surface area contributed by atoms with E-state index in [1.807, 2.05) is 22.7 Å². The molecule has 0 unspecified atom stereocenters. The topological polar surface area (TPSA) is 62.2 Å². The normalized spacial score (nSPS) is 21.5. The molecule has 7 heteroatoms. The Morgan fingerprint density at radius 1 is 1.39 bits per heavy atom. The average molecular weight is 353 g/mol. The summed E-state index contributed by atoms with van der Waals surface area (Å²) in [7, 11) is 0. The Morgan fingerprint density at radius 2 is 2.22 bits per heavy atom. The highest BCUT2D eigenvalue weighted by Gasteiger charge is 2.24. The van der Waals surface area contributed by atoms with Gasteiger partial charge in [-0.15, -0.1) is 12.4 Å². The molecule has 122 valence electrons. The summed E-state index contributed by atoms with van der Waals surface area (Å²) in [6, 6.07) is 7.74. The Bertz CT molecular complexity index is 917. The largest absolute Gasteiger partial charge is 0.314 e. The van der Waals surface area contributed by atoms with Crippen molar-refractivity contribution in [1.82, 2.24) is 19.9 Å². The van der Waals surface area contributed by atoms with E-state index in [0.29, 0.717) is 22.6 Å². The Hall–Kier alpha value is -1.56. The molecule has 0 saturated carbocycles. The molecule has 2 N–H and O–H groups in total. The van der Waals surface area contributed by atoms with Crippen LogP contribution in [-0.4, -0.2) is 27.2 Å². The summed E-state index contributed by atoms with van der Waals surface area (Å²) in [5.41, 5.74) is 2.36. The van der Waals surface area contributed by atoms with Gasteiger partial charge in [0.1, 0.15) is 5.65 Å². The monoisotopic (exact) mass is 352 g/mol. The Labute approximate surface area is 144 Å². The molecular formula is C16H18Cl2N4O. The first kappa shape index (κ1) is 16.3. The molecule has 1 fully saturated rings. The zero-order chi connectivity index (χ0) is 15.3. The second kappa shape index (κ2) is 6.15. The summed E-state index contributed by atoms with van der Waals surface area (Å²) in [4.78, 5) is 15.0. The van der Waals surface area contributed by atoms with E-state index < -0.39 is 0 Å². The smallest absolute Gasteiger partial charge is 0.251 e. The fraction of sp³-hybridized carbons (Fsp3) is 0.375. The van der Waals surface area contributed by atoms with Crippen molar-refractivity contribution in [2.75, 3.05) is 6.54 Å². The number of benzene rings is 1. The van der Waals surface area contributed by atoms with E-state index in [2.05, 4.69) is 22.3 Å². The lowest BCUT2D eigenvalue weighted by Crippen LogP contribution is -2.35. The molecule has 3 heterocycles. The third kappa shape index (κ3) is 2.73. The fourth-order valence-electron chi connectivity index (χ4n) is 3.44. The Kier molecular flexibility index (Phi) is 4.36. The van der Waals surface area contributed by atoms with Crippen LogP contribution in [0.1, 0.15) is 31.4 Å². The molecule has 0 spiro atoms. The second-order valence-corrected chi connectivity index (χ2v) is 6.44. The molecule has 23 heavy (non-hydrogen) atoms. The zero-order valence-electron chi connectivity index (χ0n) is 12.7. The number of aromatic nitrogens is 3. The summed E-state index contributed by atoms with van der Waals surface area (Å²) in [5, 5.41) is 9.52. The van der Waals surface area contributed by atoms with E-state index in [0.717, 1.165) is 36.0 Å². The van der Waals surface area contributed by atoms with Crippen LogP contribution in [0.2, 0.25) is 5.02 Å². The van der Waals surface area contributed by atoms with Gasteiger partial charge in [0, 0.05) is 18.0 Å². The SMILES string of the molecule is C[C@H]1C[C@H](c2cc(=O)[nH]c3c4c(Cl)cccc4nn23)CCN1.Cl. The van der Waals surface area contributed by atoms with Crippen molar-refractivity contribution in [1.29, 1.82) is 0 Å². The van der Waals surface area contributed by atoms with Gasteiger partial charge in [-0.05, 0) is 38.4 Å². The quantitative estimate of drug-likeness (QED) is 0.707. The number of H-pyrrole nitrogens is 1. The number of rotatable bonds is 1. The molecule has 4 rings (SSSR count). The van der Waals surface area contributed by atoms with Gasteiger partial charge in [-0.25, -0.2) is 4.52 Å². The molecular weight excluding hydrogens is 335 g/mol. The van der Waals surface area contributed by atoms with Crippen LogP contribution < -0.4 is 10.9 Å². The van der Waals surface area contributed by atoms with Crippen LogP contribution in [-0.2, 0) is 0 Å². The van der Waals surface area contributed by atoms with Crippen molar-refractivity contribution < 1.29 is 0 Å². The minimum atomic E-state index is -0.101. The van der Waals surface area contributed by atoms with Gasteiger partial charge in [-0.3, -0.25) is 4.79 Å². The van der Waals surface area contributed by atoms with Crippen molar-refractivity contribution >= 4 is 40.6 Å². The van der Waals surface area contributed by atoms with Gasteiger partial charge in [0.05, 0.1) is 21.6 Å². The number of hydrogen-bond donors (Lipinski definition) is 2. The van der Waals surface area contributed by atoms with Crippen molar-refractivity contribution in [2.24, 2.45) is 0 Å². The van der Waals surface area contributed by atoms with E-state index in [9.17, 15) is 4.79 Å². The summed E-state index contributed by atoms with van der Waals surface area (Å²) in [6.07, 6.45) is 2.01. The molecule has 1 saturated heterocycles. The van der Waals surface area contributed by atoms with Crippen LogP contribution >= 0.6 is 24.0 Å². The van der Waals surface area contributed by atoms with Gasteiger partial charge in [-0.1, -0.05) is 17.7 Å². The van der Waals surface area contributed by atoms with Crippen LogP contribution in [0.3, 0.4) is 0 Å². The molecule has 0 radical (unpaired) electrons. The maximum atomic E-state index is 12.1. The molecule has 2 atom stereocenters. The predicted molar refractivity (Wildman–Crippen MR) is 95.0 cm³/mol. The number of halogens is 2. The fourth-order valence-corrected chi connectivity index (χ4v) is 3.70. The minimum absolute atomic E-state index is 0. The molecule has 0 aliphatic carbocycles. The van der Waals surface area contributed by atoms with Crippen molar-refractivity contribution in [3.8, 4) is 0 Å². The standard InChI is InChI=1S/C16H17ClN4O.ClH/c1-9-7-10(5-6-18-9)13-8-14(22)19-16-15-11(17)3-2-4-12(15)20-21(13)16;/h2-4,8-10,18H,5-7H2,1H3,(H,19,22);1H/t9-,10+;/m0./s1. The van der Waals surface area contributed by atoms with Crippen LogP contribution in [0.15, 0.2) is 29.1 Å². The van der Waals surface area contributed by atoms with Crippen molar-refractivity contribution in [3.05, 3.63) is 45.3 Å². The summed E-state index contributed by atoms with van der Waals surface area (Å²) in [5.74, 6) is 0.328. The third-order valence-corrected chi connectivity index (χ3v) is 4.77. The lowest BCUT2D eigenvalue weighted by Gasteiger charge is -2.28. The molecule has 5 nitrogen and oxygen atoms in total. The third-order valence-electron chi connectivity index (χ3n) is 4.46. The van der Waals surface area contributed by atoms with E-state index >= 15 is 0 Å². The average Bonchev–Trinajstić information content (AvgIpc) is 2.86. The Balaban J connectivity index is 0.00000156. The first-order chi connectivity index (χ1) is 10.6. The van der Waals surface area contributed by atoms with Gasteiger partial charge < -0.3 is 10.3 Å². The van der Waals surface area contributed by atoms with E-state index in [-0.39, 0.29) is 18.0 Å². The first-order valence-electron chi connectivity index (χ1n) is 7.57. The van der Waals surface area contributed by atoms with Crippen molar-refractivity contribution in [3.63, 3.8) is 0 Å². The maximum Gasteiger partial charge on any atom is 0.251 e. The molecule has 0 bridgehead atoms. The first-order valence-corrected chi connectivity index (χ1v) is 7.95. The highest BCUT2D eigenvalue weighted by molar-refractivity contribution is 6.36. The van der Waals surface area contributed by atoms with Crippen LogP contribution in [0.4, 0.5) is 0 Å². The van der Waals surface area contributed by atoms with Gasteiger partial charge in [0.25, 0.3) is 5.56 Å². The molecule has 0 amide bonds. The van der Waals surface area contributed by atoms with E-state index in [4.69, 9.17) is 11.6 Å². The summed E-state index contributed by atoms with van der Waals surface area (Å²) in [6.45, 7) is 3.13. The zero-order valence-corrected chi connectivity index (χ0v) is 14.2. The minimum Gasteiger partial charge on any atom is -0.314 e. The molecule has 1 aromatic carbocycles. The predicted octanol–water partition coefficient (Wildman–Crippen LogP) is 3.11. The van der Waals surface area contributed by atoms with Crippen LogP contribution in [0, 0.1) is 0 Å². The number of fused-ring (bicyclic) bond motifs is 3. The lowest BCUT2D eigenvalue weighted by atomic mass is 9.90. The number of nitrogens with zero attached hydrogens (tertiary/aromatic N) is 2. The molecule has 2 aromatic heterocycles. The number of hydrogen-bond acceptors (Lipinski definition) is 3. The van der Waals surface area contributed by atoms with Gasteiger partial charge in [-0.2, -0.15) is 5.10 Å². The van der Waals surface area contributed by atoms with Gasteiger partial charge >= 0.3 is 0 Å². The maximum absolute atomic E-state index is 12.1. The van der Waals surface area contributed by atoms with E-state index in [1.54, 1.807) is 6.07 Å². The summed E-state index contributed by atoms with van der Waals surface area (Å²) < 4.78 is 1.86. The second-order valence-electron chi connectivity index (χ2n) is 6.03. The molecule has 1 aliphatic heterocycles. The van der Waals surface area contributed by atoms with Gasteiger partial charge in [0.15, 0.2) is 0 Å².